The Labute approximate surface area is 109 Å². The molecule has 0 unspecified atom stereocenters. The number of hydrogen-bond acceptors (Lipinski definition) is 4. The highest BCUT2D eigenvalue weighted by molar-refractivity contribution is 5.77. The quantitative estimate of drug-likeness (QED) is 0.861. The number of carbonyl (C=O) groups excluding carboxylic acids is 1. The molecule has 0 spiro atoms. The van der Waals surface area contributed by atoms with E-state index in [-0.39, 0.29) is 24.8 Å². The first-order valence-corrected chi connectivity index (χ1v) is 5.63. The highest BCUT2D eigenvalue weighted by Gasteiger charge is 2.07. The van der Waals surface area contributed by atoms with Gasteiger partial charge in [0.25, 0.3) is 5.91 Å². The Morgan fingerprint density at radius 2 is 2.26 bits per heavy atom. The number of benzene rings is 1. The molecule has 0 saturated heterocycles. The summed E-state index contributed by atoms with van der Waals surface area (Å²) >= 11 is 0. The maximum Gasteiger partial charge on any atom is 0.258 e. The summed E-state index contributed by atoms with van der Waals surface area (Å²) in [7, 11) is 1.78. The van der Waals surface area contributed by atoms with Crippen LogP contribution >= 0.6 is 0 Å². The molecule has 1 heterocycles. The second kappa shape index (κ2) is 5.94. The van der Waals surface area contributed by atoms with E-state index in [9.17, 15) is 9.18 Å². The van der Waals surface area contributed by atoms with Crippen molar-refractivity contribution in [3.05, 3.63) is 42.2 Å². The largest absolute Gasteiger partial charge is 0.481 e. The molecule has 0 saturated carbocycles. The molecular weight excluding hydrogens is 251 g/mol. The zero-order chi connectivity index (χ0) is 13.7. The van der Waals surface area contributed by atoms with Crippen molar-refractivity contribution in [3.8, 4) is 5.75 Å². The topological polar surface area (TPSA) is 69.0 Å². The van der Waals surface area contributed by atoms with E-state index in [1.165, 1.54) is 18.5 Å². The minimum absolute atomic E-state index is 0.0521. The fourth-order valence-corrected chi connectivity index (χ4v) is 1.40. The van der Waals surface area contributed by atoms with Gasteiger partial charge in [0, 0.05) is 7.05 Å². The molecule has 100 valence electrons. The van der Waals surface area contributed by atoms with Gasteiger partial charge in [-0.15, -0.1) is 10.2 Å². The Hall–Kier alpha value is -2.44. The van der Waals surface area contributed by atoms with Gasteiger partial charge < -0.3 is 14.6 Å². The lowest BCUT2D eigenvalue weighted by Gasteiger charge is -2.07. The molecule has 6 nitrogen and oxygen atoms in total. The fourth-order valence-electron chi connectivity index (χ4n) is 1.40. The van der Waals surface area contributed by atoms with Crippen molar-refractivity contribution < 1.29 is 13.9 Å². The van der Waals surface area contributed by atoms with Crippen LogP contribution in [0.4, 0.5) is 4.39 Å². The van der Waals surface area contributed by atoms with Crippen molar-refractivity contribution in [1.82, 2.24) is 20.1 Å². The molecule has 1 aromatic heterocycles. The Balaban J connectivity index is 1.79. The van der Waals surface area contributed by atoms with Gasteiger partial charge in [-0.3, -0.25) is 4.79 Å². The lowest BCUT2D eigenvalue weighted by molar-refractivity contribution is -0.123. The van der Waals surface area contributed by atoms with E-state index >= 15 is 0 Å². The summed E-state index contributed by atoms with van der Waals surface area (Å²) in [4.78, 5) is 11.5. The van der Waals surface area contributed by atoms with Gasteiger partial charge in [-0.1, -0.05) is 12.1 Å². The molecule has 0 fully saturated rings. The van der Waals surface area contributed by atoms with E-state index in [0.29, 0.717) is 5.82 Å². The monoisotopic (exact) mass is 264 g/mol. The highest BCUT2D eigenvalue weighted by Crippen LogP contribution is 2.14. The normalized spacial score (nSPS) is 10.2. The van der Waals surface area contributed by atoms with Crippen LogP contribution in [0.25, 0.3) is 0 Å². The smallest absolute Gasteiger partial charge is 0.258 e. The average molecular weight is 264 g/mol. The van der Waals surface area contributed by atoms with Crippen molar-refractivity contribution in [2.45, 2.75) is 6.54 Å². The summed E-state index contributed by atoms with van der Waals surface area (Å²) in [5.41, 5.74) is 0. The molecule has 0 aliphatic heterocycles. The zero-order valence-corrected chi connectivity index (χ0v) is 10.3. The van der Waals surface area contributed by atoms with Gasteiger partial charge in [0.2, 0.25) is 0 Å². The lowest BCUT2D eigenvalue weighted by atomic mass is 10.3. The Kier molecular flexibility index (Phi) is 4.07. The highest BCUT2D eigenvalue weighted by atomic mass is 19.1. The summed E-state index contributed by atoms with van der Waals surface area (Å²) in [5, 5.41) is 10.1. The van der Waals surface area contributed by atoms with E-state index in [1.807, 2.05) is 0 Å². The Bertz CT molecular complexity index is 570. The summed E-state index contributed by atoms with van der Waals surface area (Å²) < 4.78 is 20.0. The Morgan fingerprint density at radius 3 is 2.95 bits per heavy atom. The maximum atomic E-state index is 13.2. The lowest BCUT2D eigenvalue weighted by Crippen LogP contribution is -2.29. The molecule has 1 amide bonds. The number of hydrogen-bond donors (Lipinski definition) is 1. The van der Waals surface area contributed by atoms with E-state index in [0.717, 1.165) is 0 Å². The molecule has 0 aliphatic rings. The molecule has 7 heteroatoms. The van der Waals surface area contributed by atoms with Crippen LogP contribution in [0.2, 0.25) is 0 Å². The molecule has 0 atom stereocenters. The van der Waals surface area contributed by atoms with E-state index < -0.39 is 5.82 Å². The second-order valence-corrected chi connectivity index (χ2v) is 3.85. The average Bonchev–Trinajstić information content (AvgIpc) is 2.81. The number of carbonyl (C=O) groups is 1. The number of rotatable bonds is 5. The third kappa shape index (κ3) is 3.51. The van der Waals surface area contributed by atoms with Crippen LogP contribution in [-0.4, -0.2) is 27.3 Å². The number of nitrogens with one attached hydrogen (secondary N) is 1. The summed E-state index contributed by atoms with van der Waals surface area (Å²) in [6.45, 7) is -0.00521. The van der Waals surface area contributed by atoms with Crippen molar-refractivity contribution in [2.75, 3.05) is 6.61 Å². The second-order valence-electron chi connectivity index (χ2n) is 3.85. The first kappa shape index (κ1) is 13.0. The molecule has 0 bridgehead atoms. The predicted molar refractivity (Wildman–Crippen MR) is 64.7 cm³/mol. The van der Waals surface area contributed by atoms with Crippen LogP contribution in [0.5, 0.6) is 5.75 Å². The zero-order valence-electron chi connectivity index (χ0n) is 10.3. The molecule has 1 N–H and O–H groups in total. The fraction of sp³-hybridized carbons (Fsp3) is 0.250. The van der Waals surface area contributed by atoms with Crippen LogP contribution in [0, 0.1) is 5.82 Å². The number of ether oxygens (including phenoxy) is 1. The van der Waals surface area contributed by atoms with Crippen molar-refractivity contribution in [1.29, 1.82) is 0 Å². The van der Waals surface area contributed by atoms with Crippen LogP contribution in [0.15, 0.2) is 30.6 Å². The van der Waals surface area contributed by atoms with Crippen LogP contribution in [-0.2, 0) is 18.4 Å². The number of aromatic nitrogens is 3. The summed E-state index contributed by atoms with van der Waals surface area (Å²) in [6, 6.07) is 5.92. The molecule has 2 rings (SSSR count). The van der Waals surface area contributed by atoms with Gasteiger partial charge >= 0.3 is 0 Å². The van der Waals surface area contributed by atoms with Gasteiger partial charge in [-0.25, -0.2) is 4.39 Å². The van der Waals surface area contributed by atoms with Crippen molar-refractivity contribution in [3.63, 3.8) is 0 Å². The predicted octanol–water partition coefficient (Wildman–Crippen LogP) is 0.649. The SMILES string of the molecule is Cn1cnnc1CNC(=O)COc1ccccc1F. The first-order valence-electron chi connectivity index (χ1n) is 5.63. The first-order chi connectivity index (χ1) is 9.16. The molecule has 1 aromatic carbocycles. The summed E-state index contributed by atoms with van der Waals surface area (Å²) in [6.07, 6.45) is 1.54. The van der Waals surface area contributed by atoms with Crippen LogP contribution < -0.4 is 10.1 Å². The third-order valence-corrected chi connectivity index (χ3v) is 2.44. The number of amides is 1. The van der Waals surface area contributed by atoms with Crippen LogP contribution in [0.3, 0.4) is 0 Å². The molecule has 2 aromatic rings. The van der Waals surface area contributed by atoms with Gasteiger partial charge in [0.15, 0.2) is 24.0 Å². The third-order valence-electron chi connectivity index (χ3n) is 2.44. The number of para-hydroxylation sites is 1. The van der Waals surface area contributed by atoms with E-state index in [4.69, 9.17) is 4.74 Å². The summed E-state index contributed by atoms with van der Waals surface area (Å²) in [5.74, 6) is -0.176. The molecule has 0 radical (unpaired) electrons. The van der Waals surface area contributed by atoms with Gasteiger partial charge in [0.05, 0.1) is 6.54 Å². The molecule has 19 heavy (non-hydrogen) atoms. The van der Waals surface area contributed by atoms with Gasteiger partial charge in [-0.05, 0) is 12.1 Å². The number of nitrogens with zero attached hydrogens (tertiary/aromatic N) is 3. The van der Waals surface area contributed by atoms with E-state index in [1.54, 1.807) is 23.7 Å². The Morgan fingerprint density at radius 1 is 1.47 bits per heavy atom. The molecular formula is C12H13FN4O2. The minimum atomic E-state index is -0.497. The van der Waals surface area contributed by atoms with Gasteiger partial charge in [0.1, 0.15) is 6.33 Å². The molecule has 0 aliphatic carbocycles. The van der Waals surface area contributed by atoms with Gasteiger partial charge in [-0.2, -0.15) is 0 Å². The maximum absolute atomic E-state index is 13.2. The van der Waals surface area contributed by atoms with Crippen LogP contribution in [0.1, 0.15) is 5.82 Å². The standard InChI is InChI=1S/C12H13FN4O2/c1-17-8-15-16-11(17)6-14-12(18)7-19-10-5-3-2-4-9(10)13/h2-5,8H,6-7H2,1H3,(H,14,18). The number of aryl methyl sites for hydroxylation is 1. The number of halogens is 1. The minimum Gasteiger partial charge on any atom is -0.481 e. The van der Waals surface area contributed by atoms with Crippen molar-refractivity contribution in [2.24, 2.45) is 7.05 Å². The van der Waals surface area contributed by atoms with E-state index in [2.05, 4.69) is 15.5 Å². The van der Waals surface area contributed by atoms with Crippen molar-refractivity contribution >= 4 is 5.91 Å².